The number of halogens is 1. The molecule has 220 valence electrons. The van der Waals surface area contributed by atoms with Crippen LogP contribution in [0.4, 0.5) is 10.1 Å². The normalized spacial score (nSPS) is 12.0. The highest BCUT2D eigenvalue weighted by Crippen LogP contribution is 2.34. The van der Waals surface area contributed by atoms with Gasteiger partial charge in [-0.3, -0.25) is 13.9 Å². The Morgan fingerprint density at radius 1 is 0.927 bits per heavy atom. The molecule has 3 aromatic rings. The van der Waals surface area contributed by atoms with Crippen LogP contribution in [0.5, 0.6) is 11.5 Å². The molecule has 0 aliphatic rings. The Morgan fingerprint density at radius 3 is 2.15 bits per heavy atom. The first-order valence-corrected chi connectivity index (χ1v) is 14.9. The Morgan fingerprint density at radius 2 is 1.59 bits per heavy atom. The quantitative estimate of drug-likeness (QED) is 0.328. The summed E-state index contributed by atoms with van der Waals surface area (Å²) in [5.41, 5.74) is 1.48. The molecule has 0 aliphatic heterocycles. The molecular weight excluding hydrogens is 549 g/mol. The van der Waals surface area contributed by atoms with Gasteiger partial charge < -0.3 is 19.7 Å². The average molecular weight is 586 g/mol. The number of hydrogen-bond donors (Lipinski definition) is 1. The maximum Gasteiger partial charge on any atom is 0.244 e. The number of anilines is 1. The molecule has 41 heavy (non-hydrogen) atoms. The molecule has 0 bridgehead atoms. The molecule has 0 saturated carbocycles. The van der Waals surface area contributed by atoms with Crippen molar-refractivity contribution in [3.63, 3.8) is 0 Å². The van der Waals surface area contributed by atoms with E-state index in [2.05, 4.69) is 5.32 Å². The fourth-order valence-corrected chi connectivity index (χ4v) is 5.15. The van der Waals surface area contributed by atoms with E-state index >= 15 is 0 Å². The third-order valence-electron chi connectivity index (χ3n) is 6.30. The first-order valence-electron chi connectivity index (χ1n) is 13.0. The highest BCUT2D eigenvalue weighted by molar-refractivity contribution is 7.92. The van der Waals surface area contributed by atoms with E-state index in [0.29, 0.717) is 11.3 Å². The Labute approximate surface area is 240 Å². The molecule has 1 atom stereocenters. The van der Waals surface area contributed by atoms with Gasteiger partial charge >= 0.3 is 0 Å². The molecule has 0 saturated heterocycles. The minimum Gasteiger partial charge on any atom is -0.497 e. The number of methoxy groups -OCH3 is 2. The minimum atomic E-state index is -4.01. The summed E-state index contributed by atoms with van der Waals surface area (Å²) in [6.07, 6.45) is 1.16. The standard InChI is InChI=1S/C30H36FN3O6S/c1-21(2)32-30(36)27(17-22-9-7-6-8-10-22)33(19-23-11-13-24(31)14-12-23)29(35)20-34(41(5,37)38)26-18-25(39-3)15-16-28(26)40-4/h6-16,18,21,27H,17,19-20H2,1-5H3,(H,32,36). The van der Waals surface area contributed by atoms with Crippen LogP contribution in [0, 0.1) is 5.82 Å². The molecule has 0 radical (unpaired) electrons. The van der Waals surface area contributed by atoms with Crippen LogP contribution < -0.4 is 19.1 Å². The van der Waals surface area contributed by atoms with Gasteiger partial charge in [-0.05, 0) is 49.2 Å². The summed E-state index contributed by atoms with van der Waals surface area (Å²) < 4.78 is 51.3. The molecule has 2 amide bonds. The fourth-order valence-electron chi connectivity index (χ4n) is 4.31. The lowest BCUT2D eigenvalue weighted by atomic mass is 10.0. The third kappa shape index (κ3) is 8.68. The summed E-state index contributed by atoms with van der Waals surface area (Å²) in [5.74, 6) is -0.900. The summed E-state index contributed by atoms with van der Waals surface area (Å²) in [7, 11) is -1.18. The Hall–Kier alpha value is -4.12. The zero-order valence-electron chi connectivity index (χ0n) is 23.8. The number of sulfonamides is 1. The van der Waals surface area contributed by atoms with Gasteiger partial charge in [0.05, 0.1) is 26.2 Å². The van der Waals surface area contributed by atoms with Crippen LogP contribution in [0.1, 0.15) is 25.0 Å². The van der Waals surface area contributed by atoms with Crippen LogP contribution in [-0.2, 0) is 32.6 Å². The minimum absolute atomic E-state index is 0.0605. The zero-order valence-corrected chi connectivity index (χ0v) is 24.7. The van der Waals surface area contributed by atoms with E-state index in [1.54, 1.807) is 12.1 Å². The van der Waals surface area contributed by atoms with E-state index in [1.165, 1.54) is 49.5 Å². The van der Waals surface area contributed by atoms with Crippen molar-refractivity contribution in [2.45, 2.75) is 38.9 Å². The summed E-state index contributed by atoms with van der Waals surface area (Å²) >= 11 is 0. The lowest BCUT2D eigenvalue weighted by Gasteiger charge is -2.34. The van der Waals surface area contributed by atoms with Gasteiger partial charge in [-0.2, -0.15) is 0 Å². The topological polar surface area (TPSA) is 105 Å². The number of ether oxygens (including phenoxy) is 2. The second-order valence-electron chi connectivity index (χ2n) is 9.82. The van der Waals surface area contributed by atoms with Crippen molar-refractivity contribution < 1.29 is 31.9 Å². The van der Waals surface area contributed by atoms with Crippen LogP contribution in [-0.4, -0.2) is 64.2 Å². The number of carbonyl (C=O) groups is 2. The van der Waals surface area contributed by atoms with Crippen molar-refractivity contribution in [2.75, 3.05) is 31.3 Å². The second kappa shape index (κ2) is 14.0. The number of hydrogen-bond acceptors (Lipinski definition) is 6. The van der Waals surface area contributed by atoms with Crippen LogP contribution in [0.2, 0.25) is 0 Å². The molecule has 0 aliphatic carbocycles. The molecule has 3 aromatic carbocycles. The van der Waals surface area contributed by atoms with Crippen molar-refractivity contribution in [1.82, 2.24) is 10.2 Å². The van der Waals surface area contributed by atoms with Crippen LogP contribution in [0.15, 0.2) is 72.8 Å². The smallest absolute Gasteiger partial charge is 0.244 e. The zero-order chi connectivity index (χ0) is 30.2. The van der Waals surface area contributed by atoms with E-state index < -0.39 is 40.2 Å². The maximum absolute atomic E-state index is 14.1. The SMILES string of the molecule is COc1ccc(OC)c(N(CC(=O)N(Cc2ccc(F)cc2)C(Cc2ccccc2)C(=O)NC(C)C)S(C)(=O)=O)c1. The van der Waals surface area contributed by atoms with Crippen LogP contribution >= 0.6 is 0 Å². The molecule has 11 heteroatoms. The summed E-state index contributed by atoms with van der Waals surface area (Å²) in [5, 5.41) is 2.88. The third-order valence-corrected chi connectivity index (χ3v) is 7.43. The molecule has 0 fully saturated rings. The summed E-state index contributed by atoms with van der Waals surface area (Å²) in [6.45, 7) is 2.94. The van der Waals surface area contributed by atoms with Crippen molar-refractivity contribution in [1.29, 1.82) is 0 Å². The van der Waals surface area contributed by atoms with Gasteiger partial charge in [-0.25, -0.2) is 12.8 Å². The molecular formula is C30H36FN3O6S. The lowest BCUT2D eigenvalue weighted by molar-refractivity contribution is -0.140. The number of carbonyl (C=O) groups excluding carboxylic acids is 2. The molecule has 0 spiro atoms. The molecule has 1 unspecified atom stereocenters. The van der Waals surface area contributed by atoms with Gasteiger partial charge in [0.2, 0.25) is 21.8 Å². The van der Waals surface area contributed by atoms with E-state index in [1.807, 2.05) is 44.2 Å². The summed E-state index contributed by atoms with van der Waals surface area (Å²) in [6, 6.07) is 18.2. The predicted octanol–water partition coefficient (Wildman–Crippen LogP) is 3.77. The molecule has 0 heterocycles. The van der Waals surface area contributed by atoms with Crippen molar-refractivity contribution in [2.24, 2.45) is 0 Å². The largest absolute Gasteiger partial charge is 0.497 e. The van der Waals surface area contributed by atoms with Gasteiger partial charge in [-0.1, -0.05) is 42.5 Å². The van der Waals surface area contributed by atoms with Gasteiger partial charge in [0.15, 0.2) is 0 Å². The van der Waals surface area contributed by atoms with Gasteiger partial charge in [0.1, 0.15) is 29.9 Å². The molecule has 0 aromatic heterocycles. The van der Waals surface area contributed by atoms with Crippen molar-refractivity contribution in [3.8, 4) is 11.5 Å². The van der Waals surface area contributed by atoms with Crippen LogP contribution in [0.25, 0.3) is 0 Å². The molecule has 9 nitrogen and oxygen atoms in total. The Kier molecular flexibility index (Phi) is 10.7. The number of nitrogens with zero attached hydrogens (tertiary/aromatic N) is 2. The van der Waals surface area contributed by atoms with Crippen LogP contribution in [0.3, 0.4) is 0 Å². The van der Waals surface area contributed by atoms with E-state index in [4.69, 9.17) is 9.47 Å². The van der Waals surface area contributed by atoms with Gasteiger partial charge in [-0.15, -0.1) is 0 Å². The number of amides is 2. The highest BCUT2D eigenvalue weighted by atomic mass is 32.2. The average Bonchev–Trinajstić information content (AvgIpc) is 2.93. The fraction of sp³-hybridized carbons (Fsp3) is 0.333. The maximum atomic E-state index is 14.1. The lowest BCUT2D eigenvalue weighted by Crippen LogP contribution is -2.54. The van der Waals surface area contributed by atoms with Crippen molar-refractivity contribution >= 4 is 27.5 Å². The predicted molar refractivity (Wildman–Crippen MR) is 156 cm³/mol. The first-order chi connectivity index (χ1) is 19.4. The van der Waals surface area contributed by atoms with E-state index in [9.17, 15) is 22.4 Å². The van der Waals surface area contributed by atoms with E-state index in [-0.39, 0.29) is 30.4 Å². The molecule has 1 N–H and O–H groups in total. The second-order valence-corrected chi connectivity index (χ2v) is 11.7. The number of rotatable bonds is 13. The number of nitrogens with one attached hydrogen (secondary N) is 1. The monoisotopic (exact) mass is 585 g/mol. The van der Waals surface area contributed by atoms with E-state index in [0.717, 1.165) is 16.1 Å². The van der Waals surface area contributed by atoms with Crippen molar-refractivity contribution in [3.05, 3.63) is 89.7 Å². The molecule has 3 rings (SSSR count). The summed E-state index contributed by atoms with van der Waals surface area (Å²) in [4.78, 5) is 29.0. The highest BCUT2D eigenvalue weighted by Gasteiger charge is 2.34. The van der Waals surface area contributed by atoms with Gasteiger partial charge in [0.25, 0.3) is 0 Å². The Bertz CT molecular complexity index is 1430. The Balaban J connectivity index is 2.10. The number of benzene rings is 3. The van der Waals surface area contributed by atoms with Gasteiger partial charge in [0, 0.05) is 25.1 Å². The first kappa shape index (κ1) is 31.4.